The van der Waals surface area contributed by atoms with Crippen molar-refractivity contribution in [2.24, 2.45) is 11.8 Å². The molecule has 1 aromatic heterocycles. The molecule has 3 aliphatic rings. The Morgan fingerprint density at radius 1 is 0.831 bits per heavy atom. The van der Waals surface area contributed by atoms with E-state index >= 15 is 0 Å². The van der Waals surface area contributed by atoms with Crippen LogP contribution in [-0.2, 0) is 33.6 Å². The van der Waals surface area contributed by atoms with Gasteiger partial charge in [0.2, 0.25) is 17.7 Å². The number of carbonyl (C=O) groups is 7. The number of pyridine rings is 1. The van der Waals surface area contributed by atoms with Crippen molar-refractivity contribution in [2.45, 2.75) is 69.9 Å². The highest BCUT2D eigenvalue weighted by Crippen LogP contribution is 2.25. The average Bonchev–Trinajstić information content (AvgIpc) is 3.29. The van der Waals surface area contributed by atoms with Crippen LogP contribution in [0.1, 0.15) is 69.4 Å². The lowest BCUT2D eigenvalue weighted by atomic mass is 9.92. The second-order valence-corrected chi connectivity index (χ2v) is 15.5. The minimum atomic E-state index is -1.16. The Hall–Kier alpha value is -4.92. The van der Waals surface area contributed by atoms with Gasteiger partial charge in [-0.25, -0.2) is 0 Å². The Morgan fingerprint density at radius 2 is 1.49 bits per heavy atom. The fourth-order valence-corrected chi connectivity index (χ4v) is 7.84. The Balaban J connectivity index is 1.25. The molecule has 20 heteroatoms. The van der Waals surface area contributed by atoms with Crippen LogP contribution in [0.5, 0.6) is 5.75 Å². The number of rotatable bonds is 21. The summed E-state index contributed by atoms with van der Waals surface area (Å²) in [7, 11) is 0. The molecule has 3 atom stereocenters. The van der Waals surface area contributed by atoms with E-state index in [9.17, 15) is 54.0 Å². The Kier molecular flexibility index (Phi) is 19.2. The van der Waals surface area contributed by atoms with Crippen LogP contribution in [0, 0.1) is 11.8 Å². The van der Waals surface area contributed by atoms with Crippen LogP contribution >= 0.6 is 0 Å². The number of carbonyl (C=O) groups excluding carboxylic acids is 3. The van der Waals surface area contributed by atoms with E-state index < -0.39 is 54.2 Å². The molecule has 3 saturated heterocycles. The molecule has 328 valence electrons. The van der Waals surface area contributed by atoms with Crippen molar-refractivity contribution in [3.05, 3.63) is 24.0 Å². The van der Waals surface area contributed by atoms with Gasteiger partial charge in [0.05, 0.1) is 44.2 Å². The maximum absolute atomic E-state index is 13.4. The number of piperidine rings is 2. The molecule has 0 spiro atoms. The largest absolute Gasteiger partial charge is 0.490 e. The quantitative estimate of drug-likeness (QED) is 0.0773. The minimum absolute atomic E-state index is 0.00368. The lowest BCUT2D eigenvalue weighted by molar-refractivity contribution is -0.145. The van der Waals surface area contributed by atoms with Crippen molar-refractivity contribution in [1.29, 1.82) is 0 Å². The van der Waals surface area contributed by atoms with Crippen molar-refractivity contribution in [2.75, 3.05) is 91.7 Å². The number of carboxylic acids is 4. The van der Waals surface area contributed by atoms with Crippen molar-refractivity contribution >= 4 is 41.6 Å². The van der Waals surface area contributed by atoms with E-state index in [1.165, 1.54) is 12.4 Å². The van der Waals surface area contributed by atoms with E-state index in [4.69, 9.17) is 4.74 Å². The lowest BCUT2D eigenvalue weighted by Gasteiger charge is -2.33. The average molecular weight is 833 g/mol. The van der Waals surface area contributed by atoms with E-state index in [-0.39, 0.29) is 89.4 Å². The summed E-state index contributed by atoms with van der Waals surface area (Å²) < 4.78 is 5.77. The molecule has 4 heterocycles. The van der Waals surface area contributed by atoms with Crippen LogP contribution in [0.2, 0.25) is 0 Å². The molecule has 59 heavy (non-hydrogen) atoms. The predicted molar refractivity (Wildman–Crippen MR) is 210 cm³/mol. The topological polar surface area (TPSA) is 272 Å². The molecule has 1 unspecified atom stereocenters. The summed E-state index contributed by atoms with van der Waals surface area (Å²) in [6, 6.07) is -0.420. The molecule has 3 aliphatic heterocycles. The number of hydrogen-bond donors (Lipinski definition) is 7. The third-order valence-corrected chi connectivity index (χ3v) is 11.1. The second kappa shape index (κ2) is 24.2. The van der Waals surface area contributed by atoms with Gasteiger partial charge in [0, 0.05) is 71.4 Å². The maximum Gasteiger partial charge on any atom is 0.320 e. The summed E-state index contributed by atoms with van der Waals surface area (Å²) in [4.78, 5) is 96.9. The molecular formula is C39H60N8O12. The number of likely N-dealkylation sites (tertiary alicyclic amines) is 1. The fourth-order valence-electron chi connectivity index (χ4n) is 7.84. The third-order valence-electron chi connectivity index (χ3n) is 11.1. The Labute approximate surface area is 343 Å². The summed E-state index contributed by atoms with van der Waals surface area (Å²) >= 11 is 0. The monoisotopic (exact) mass is 832 g/mol. The fraction of sp³-hybridized carbons (Fsp3) is 0.692. The molecular weight excluding hydrogens is 772 g/mol. The first-order valence-corrected chi connectivity index (χ1v) is 20.5. The van der Waals surface area contributed by atoms with Gasteiger partial charge >= 0.3 is 23.9 Å². The van der Waals surface area contributed by atoms with Gasteiger partial charge in [0.25, 0.3) is 0 Å². The van der Waals surface area contributed by atoms with Gasteiger partial charge in [-0.3, -0.25) is 53.2 Å². The van der Waals surface area contributed by atoms with Crippen molar-refractivity contribution < 1.29 is 58.7 Å². The van der Waals surface area contributed by atoms with Crippen molar-refractivity contribution in [3.63, 3.8) is 0 Å². The van der Waals surface area contributed by atoms with Crippen LogP contribution in [0.25, 0.3) is 0 Å². The van der Waals surface area contributed by atoms with Gasteiger partial charge in [-0.1, -0.05) is 0 Å². The third kappa shape index (κ3) is 16.7. The summed E-state index contributed by atoms with van der Waals surface area (Å²) in [6.45, 7) is 3.83. The zero-order valence-electron chi connectivity index (χ0n) is 33.6. The zero-order chi connectivity index (χ0) is 42.7. The SMILES string of the molecule is O=C(O)C[C@H](NC(=O)[C@@H]1CCCN(C(=O)CCC2CCNCC2)C1)c1cncc(OCCNC(=O)CCC(C(=O)O)N2CCN(CC(=O)O)CCN(CC(=O)O)CC2)c1. The molecule has 0 aromatic carbocycles. The Bertz CT molecular complexity index is 1570. The molecule has 0 aliphatic carbocycles. The smallest absolute Gasteiger partial charge is 0.320 e. The first-order chi connectivity index (χ1) is 28.3. The van der Waals surface area contributed by atoms with Gasteiger partial charge in [0.15, 0.2) is 0 Å². The molecule has 20 nitrogen and oxygen atoms in total. The number of hydrogen-bond acceptors (Lipinski definition) is 13. The number of carboxylic acid groups (broad SMARTS) is 4. The summed E-state index contributed by atoms with van der Waals surface area (Å²) in [5.41, 5.74) is 0.407. The van der Waals surface area contributed by atoms with Gasteiger partial charge in [-0.15, -0.1) is 0 Å². The van der Waals surface area contributed by atoms with Crippen LogP contribution in [0.3, 0.4) is 0 Å². The normalized spacial score (nSPS) is 19.9. The van der Waals surface area contributed by atoms with E-state index in [0.29, 0.717) is 50.4 Å². The molecule has 4 rings (SSSR count). The van der Waals surface area contributed by atoms with Gasteiger partial charge < -0.3 is 46.0 Å². The number of nitrogens with one attached hydrogen (secondary N) is 3. The lowest BCUT2D eigenvalue weighted by Crippen LogP contribution is -2.47. The molecule has 0 bridgehead atoms. The highest BCUT2D eigenvalue weighted by atomic mass is 16.5. The molecule has 0 saturated carbocycles. The summed E-state index contributed by atoms with van der Waals surface area (Å²) in [6.07, 6.45) is 6.90. The van der Waals surface area contributed by atoms with E-state index in [2.05, 4.69) is 20.9 Å². The molecule has 3 amide bonds. The molecule has 0 radical (unpaired) electrons. The summed E-state index contributed by atoms with van der Waals surface area (Å²) in [5.74, 6) is -4.81. The van der Waals surface area contributed by atoms with Crippen LogP contribution in [-0.4, -0.2) is 184 Å². The number of nitrogens with zero attached hydrogens (tertiary/aromatic N) is 5. The van der Waals surface area contributed by atoms with E-state index in [1.54, 1.807) is 25.7 Å². The molecule has 7 N–H and O–H groups in total. The first kappa shape index (κ1) is 46.8. The molecule has 1 aromatic rings. The highest BCUT2D eigenvalue weighted by molar-refractivity contribution is 5.82. The van der Waals surface area contributed by atoms with E-state index in [1.807, 2.05) is 0 Å². The highest BCUT2D eigenvalue weighted by Gasteiger charge is 2.32. The number of ether oxygens (including phenoxy) is 1. The second-order valence-electron chi connectivity index (χ2n) is 15.5. The van der Waals surface area contributed by atoms with Crippen LogP contribution in [0.4, 0.5) is 0 Å². The van der Waals surface area contributed by atoms with Gasteiger partial charge in [-0.2, -0.15) is 0 Å². The van der Waals surface area contributed by atoms with Crippen molar-refractivity contribution in [3.8, 4) is 5.75 Å². The van der Waals surface area contributed by atoms with Crippen LogP contribution in [0.15, 0.2) is 18.5 Å². The predicted octanol–water partition coefficient (Wildman–Crippen LogP) is -0.451. The number of aromatic nitrogens is 1. The van der Waals surface area contributed by atoms with Crippen LogP contribution < -0.4 is 20.7 Å². The standard InChI is InChI=1S/C39H60N8O12/c48-33(5-4-32(39(57)58)46-17-15-44(25-36(52)53)13-14-45(16-18-46)26-37(54)55)42-11-19-59-30-20-29(22-41-23-30)31(21-35(50)51)43-38(56)28-2-1-12-47(24-28)34(49)6-3-27-7-9-40-10-8-27/h20,22-23,27-28,31-32,40H,1-19,21,24-26H2,(H,42,48)(H,43,56)(H,50,51)(H,52,53)(H,54,55)(H,57,58)/t28-,31+,32?/m1/s1. The molecule has 3 fully saturated rings. The minimum Gasteiger partial charge on any atom is -0.490 e. The number of amides is 3. The van der Waals surface area contributed by atoms with Gasteiger partial charge in [0.1, 0.15) is 18.4 Å². The maximum atomic E-state index is 13.4. The first-order valence-electron chi connectivity index (χ1n) is 20.5. The zero-order valence-corrected chi connectivity index (χ0v) is 33.6. The van der Waals surface area contributed by atoms with E-state index in [0.717, 1.165) is 32.4 Å². The summed E-state index contributed by atoms with van der Waals surface area (Å²) in [5, 5.41) is 47.2. The van der Waals surface area contributed by atoms with Gasteiger partial charge in [-0.05, 0) is 69.2 Å². The number of aliphatic carboxylic acids is 4. The van der Waals surface area contributed by atoms with Crippen molar-refractivity contribution in [1.82, 2.24) is 40.5 Å². The Morgan fingerprint density at radius 3 is 2.12 bits per heavy atom.